The Hall–Kier alpha value is -0.0800. The van der Waals surface area contributed by atoms with Gasteiger partial charge in [-0.1, -0.05) is 32.6 Å². The molecule has 2 rings (SSSR count). The van der Waals surface area contributed by atoms with E-state index < -0.39 is 5.60 Å². The zero-order valence-electron chi connectivity index (χ0n) is 12.3. The summed E-state index contributed by atoms with van der Waals surface area (Å²) in [6.45, 7) is 4.08. The lowest BCUT2D eigenvalue weighted by Gasteiger charge is -2.40. The Morgan fingerprint density at radius 3 is 2.26 bits per heavy atom. The van der Waals surface area contributed by atoms with Crippen LogP contribution in [0.5, 0.6) is 0 Å². The fraction of sp³-hybridized carbons (Fsp3) is 0.941. The van der Waals surface area contributed by atoms with Crippen molar-refractivity contribution in [2.24, 2.45) is 11.8 Å². The summed E-state index contributed by atoms with van der Waals surface area (Å²) in [4.78, 5) is 0. The lowest BCUT2D eigenvalue weighted by Crippen LogP contribution is -2.40. The van der Waals surface area contributed by atoms with E-state index in [-0.39, 0.29) is 6.10 Å². The van der Waals surface area contributed by atoms with E-state index in [1.54, 1.807) is 0 Å². The number of aliphatic hydroxyl groups is 2. The Kier molecular flexibility index (Phi) is 5.70. The van der Waals surface area contributed by atoms with Crippen LogP contribution in [0.4, 0.5) is 0 Å². The number of hydrogen-bond donors (Lipinski definition) is 2. The number of rotatable bonds is 5. The van der Waals surface area contributed by atoms with Gasteiger partial charge >= 0.3 is 0 Å². The van der Waals surface area contributed by atoms with E-state index in [0.717, 1.165) is 44.4 Å². The highest BCUT2D eigenvalue weighted by molar-refractivity contribution is 4.90. The average Bonchev–Trinajstić information content (AvgIpc) is 2.42. The van der Waals surface area contributed by atoms with Crippen LogP contribution in [-0.4, -0.2) is 21.9 Å². The van der Waals surface area contributed by atoms with Crippen molar-refractivity contribution in [3.63, 3.8) is 0 Å². The van der Waals surface area contributed by atoms with Gasteiger partial charge in [0.25, 0.3) is 0 Å². The van der Waals surface area contributed by atoms with Crippen molar-refractivity contribution in [3.05, 3.63) is 6.92 Å². The van der Waals surface area contributed by atoms with Crippen molar-refractivity contribution in [2.75, 3.05) is 0 Å². The highest BCUT2D eigenvalue weighted by Crippen LogP contribution is 2.39. The molecule has 0 saturated heterocycles. The van der Waals surface area contributed by atoms with E-state index in [0.29, 0.717) is 5.92 Å². The van der Waals surface area contributed by atoms with Gasteiger partial charge in [-0.3, -0.25) is 0 Å². The molecule has 0 spiro atoms. The highest BCUT2D eigenvalue weighted by atomic mass is 16.3. The van der Waals surface area contributed by atoms with Crippen LogP contribution in [0, 0.1) is 18.8 Å². The maximum atomic E-state index is 10.8. The minimum atomic E-state index is -0.422. The van der Waals surface area contributed by atoms with Gasteiger partial charge in [0.15, 0.2) is 0 Å². The second kappa shape index (κ2) is 7.08. The first-order valence-electron chi connectivity index (χ1n) is 8.34. The largest absolute Gasteiger partial charge is 0.393 e. The van der Waals surface area contributed by atoms with Gasteiger partial charge in [-0.15, -0.1) is 0 Å². The molecule has 111 valence electrons. The first-order chi connectivity index (χ1) is 9.14. The first kappa shape index (κ1) is 15.3. The molecule has 2 saturated carbocycles. The monoisotopic (exact) mass is 267 g/mol. The van der Waals surface area contributed by atoms with E-state index in [2.05, 4.69) is 6.92 Å². The molecule has 1 atom stereocenters. The van der Waals surface area contributed by atoms with Crippen LogP contribution in [0.1, 0.15) is 77.0 Å². The standard InChI is InChI=1S/C17H31O2/c1-2-15(17(19)12-4-3-5-13-17)9-6-14-7-10-16(18)11-8-14/h14-16,18-19H,1-13H2. The molecule has 2 fully saturated rings. The predicted octanol–water partition coefficient (Wildman–Crippen LogP) is 3.85. The van der Waals surface area contributed by atoms with E-state index in [9.17, 15) is 10.2 Å². The van der Waals surface area contributed by atoms with E-state index >= 15 is 0 Å². The van der Waals surface area contributed by atoms with Crippen molar-refractivity contribution >= 4 is 0 Å². The summed E-state index contributed by atoms with van der Waals surface area (Å²) >= 11 is 0. The van der Waals surface area contributed by atoms with Crippen LogP contribution in [0.2, 0.25) is 0 Å². The van der Waals surface area contributed by atoms with Crippen LogP contribution >= 0.6 is 0 Å². The summed E-state index contributed by atoms with van der Waals surface area (Å²) < 4.78 is 0. The Morgan fingerprint density at radius 1 is 1.05 bits per heavy atom. The molecule has 0 amide bonds. The summed E-state index contributed by atoms with van der Waals surface area (Å²) in [5.74, 6) is 1.16. The summed E-state index contributed by atoms with van der Waals surface area (Å²) in [5.41, 5.74) is -0.422. The van der Waals surface area contributed by atoms with Gasteiger partial charge in [0, 0.05) is 0 Å². The van der Waals surface area contributed by atoms with Crippen molar-refractivity contribution in [1.29, 1.82) is 0 Å². The van der Waals surface area contributed by atoms with Crippen molar-refractivity contribution in [2.45, 2.75) is 88.8 Å². The molecular formula is C17H31O2. The molecule has 0 aliphatic heterocycles. The van der Waals surface area contributed by atoms with Crippen molar-refractivity contribution in [3.8, 4) is 0 Å². The van der Waals surface area contributed by atoms with Gasteiger partial charge in [0.2, 0.25) is 0 Å². The van der Waals surface area contributed by atoms with Gasteiger partial charge in [-0.25, -0.2) is 0 Å². The summed E-state index contributed by atoms with van der Waals surface area (Å²) in [6.07, 6.45) is 13.1. The zero-order chi connectivity index (χ0) is 13.7. The molecule has 2 heteroatoms. The van der Waals surface area contributed by atoms with Crippen LogP contribution in [0.3, 0.4) is 0 Å². The van der Waals surface area contributed by atoms with Gasteiger partial charge < -0.3 is 10.2 Å². The molecule has 2 aliphatic carbocycles. The number of aliphatic hydroxyl groups excluding tert-OH is 1. The topological polar surface area (TPSA) is 40.5 Å². The minimum absolute atomic E-state index is 0.0533. The lowest BCUT2D eigenvalue weighted by molar-refractivity contribution is -0.0538. The molecule has 0 aromatic heterocycles. The fourth-order valence-corrected chi connectivity index (χ4v) is 4.12. The molecule has 0 aromatic carbocycles. The van der Waals surface area contributed by atoms with Gasteiger partial charge in [-0.05, 0) is 63.2 Å². The van der Waals surface area contributed by atoms with Gasteiger partial charge in [-0.2, -0.15) is 0 Å². The predicted molar refractivity (Wildman–Crippen MR) is 78.7 cm³/mol. The maximum absolute atomic E-state index is 10.8. The highest BCUT2D eigenvalue weighted by Gasteiger charge is 2.36. The second-order valence-corrected chi connectivity index (χ2v) is 6.90. The van der Waals surface area contributed by atoms with Crippen molar-refractivity contribution < 1.29 is 10.2 Å². The minimum Gasteiger partial charge on any atom is -0.393 e. The quantitative estimate of drug-likeness (QED) is 0.794. The summed E-state index contributed by atoms with van der Waals surface area (Å²) in [7, 11) is 0. The van der Waals surface area contributed by atoms with Crippen LogP contribution in [0.25, 0.3) is 0 Å². The summed E-state index contributed by atoms with van der Waals surface area (Å²) in [6, 6.07) is 0. The van der Waals surface area contributed by atoms with E-state index in [4.69, 9.17) is 0 Å². The molecule has 0 aromatic rings. The molecule has 2 N–H and O–H groups in total. The molecule has 1 unspecified atom stereocenters. The lowest BCUT2D eigenvalue weighted by atomic mass is 9.71. The smallest absolute Gasteiger partial charge is 0.0675 e. The summed E-state index contributed by atoms with van der Waals surface area (Å²) in [5, 5.41) is 20.4. The Labute approximate surface area is 118 Å². The van der Waals surface area contributed by atoms with Gasteiger partial charge in [0.1, 0.15) is 0 Å². The Morgan fingerprint density at radius 2 is 1.68 bits per heavy atom. The third-order valence-electron chi connectivity index (χ3n) is 5.57. The molecule has 1 radical (unpaired) electrons. The normalized spacial score (nSPS) is 33.0. The number of hydrogen-bond acceptors (Lipinski definition) is 2. The second-order valence-electron chi connectivity index (χ2n) is 6.90. The molecule has 2 nitrogen and oxygen atoms in total. The fourth-order valence-electron chi connectivity index (χ4n) is 4.12. The van der Waals surface area contributed by atoms with E-state index in [1.807, 2.05) is 0 Å². The zero-order valence-corrected chi connectivity index (χ0v) is 12.3. The Bertz CT molecular complexity index is 250. The first-order valence-corrected chi connectivity index (χ1v) is 8.34. The molecular weight excluding hydrogens is 236 g/mol. The third kappa shape index (κ3) is 4.19. The SMILES string of the molecule is [CH2]CC(CCC1CCC(O)CC1)C1(O)CCCCC1. The average molecular weight is 267 g/mol. The third-order valence-corrected chi connectivity index (χ3v) is 5.57. The van der Waals surface area contributed by atoms with Crippen LogP contribution < -0.4 is 0 Å². The van der Waals surface area contributed by atoms with Gasteiger partial charge in [0.05, 0.1) is 11.7 Å². The maximum Gasteiger partial charge on any atom is 0.0675 e. The molecule has 0 bridgehead atoms. The molecule has 19 heavy (non-hydrogen) atoms. The van der Waals surface area contributed by atoms with Crippen molar-refractivity contribution in [1.82, 2.24) is 0 Å². The Balaban J connectivity index is 1.78. The molecule has 0 heterocycles. The van der Waals surface area contributed by atoms with E-state index in [1.165, 1.54) is 38.5 Å². The van der Waals surface area contributed by atoms with Crippen LogP contribution in [-0.2, 0) is 0 Å². The molecule has 2 aliphatic rings. The van der Waals surface area contributed by atoms with Crippen LogP contribution in [0.15, 0.2) is 0 Å².